The van der Waals surface area contributed by atoms with Crippen LogP contribution in [0, 0.1) is 6.92 Å². The van der Waals surface area contributed by atoms with E-state index in [0.29, 0.717) is 24.6 Å². The van der Waals surface area contributed by atoms with Crippen LogP contribution in [0.25, 0.3) is 0 Å². The standard InChI is InChI=1S/C21H30N2O2S/c1-17-7-4-5-8-19(17)26-18-10-14-23(15-11-18)21(25)12-16-22-13-6-2-3-9-20(22)24/h4-5,7-8,18H,2-3,6,9-16H2,1H3. The molecule has 0 bridgehead atoms. The zero-order chi connectivity index (χ0) is 18.4. The van der Waals surface area contributed by atoms with E-state index in [9.17, 15) is 9.59 Å². The molecule has 0 spiro atoms. The largest absolute Gasteiger partial charge is 0.343 e. The fraction of sp³-hybridized carbons (Fsp3) is 0.619. The lowest BCUT2D eigenvalue weighted by atomic mass is 10.1. The number of benzene rings is 1. The first-order valence-corrected chi connectivity index (χ1v) is 10.8. The number of rotatable bonds is 5. The molecular weight excluding hydrogens is 344 g/mol. The van der Waals surface area contributed by atoms with Gasteiger partial charge in [-0.05, 0) is 44.2 Å². The van der Waals surface area contributed by atoms with E-state index in [1.54, 1.807) is 0 Å². The highest BCUT2D eigenvalue weighted by atomic mass is 32.2. The molecule has 142 valence electrons. The number of hydrogen-bond acceptors (Lipinski definition) is 3. The molecule has 0 atom stereocenters. The molecule has 2 aliphatic rings. The molecule has 0 aromatic heterocycles. The smallest absolute Gasteiger partial charge is 0.224 e. The Morgan fingerprint density at radius 1 is 1.12 bits per heavy atom. The van der Waals surface area contributed by atoms with E-state index in [1.807, 2.05) is 21.6 Å². The SMILES string of the molecule is Cc1ccccc1SC1CCN(C(=O)CCN2CCCCCC2=O)CC1. The van der Waals surface area contributed by atoms with Crippen LogP contribution >= 0.6 is 11.8 Å². The van der Waals surface area contributed by atoms with Gasteiger partial charge in [0.1, 0.15) is 0 Å². The molecule has 2 fully saturated rings. The van der Waals surface area contributed by atoms with Gasteiger partial charge in [-0.25, -0.2) is 0 Å². The van der Waals surface area contributed by atoms with Gasteiger partial charge in [-0.15, -0.1) is 11.8 Å². The molecule has 5 heteroatoms. The summed E-state index contributed by atoms with van der Waals surface area (Å²) in [5.41, 5.74) is 1.33. The zero-order valence-corrected chi connectivity index (χ0v) is 16.6. The second-order valence-corrected chi connectivity index (χ2v) is 8.75. The maximum Gasteiger partial charge on any atom is 0.224 e. The summed E-state index contributed by atoms with van der Waals surface area (Å²) >= 11 is 1.95. The lowest BCUT2D eigenvalue weighted by Gasteiger charge is -2.32. The summed E-state index contributed by atoms with van der Waals surface area (Å²) in [5, 5.41) is 0.590. The van der Waals surface area contributed by atoms with Gasteiger partial charge in [-0.1, -0.05) is 24.6 Å². The molecule has 0 saturated carbocycles. The Bertz CT molecular complexity index is 626. The van der Waals surface area contributed by atoms with Gasteiger partial charge in [0, 0.05) is 49.2 Å². The summed E-state index contributed by atoms with van der Waals surface area (Å²) in [4.78, 5) is 29.8. The molecule has 2 amide bonds. The molecule has 4 nitrogen and oxygen atoms in total. The van der Waals surface area contributed by atoms with Gasteiger partial charge in [0.2, 0.25) is 11.8 Å². The van der Waals surface area contributed by atoms with Crippen LogP contribution in [0.4, 0.5) is 0 Å². The summed E-state index contributed by atoms with van der Waals surface area (Å²) in [7, 11) is 0. The molecule has 0 unspecified atom stereocenters. The van der Waals surface area contributed by atoms with Crippen LogP contribution in [-0.4, -0.2) is 53.0 Å². The number of amides is 2. The Kier molecular flexibility index (Phi) is 7.00. The Hall–Kier alpha value is -1.49. The fourth-order valence-corrected chi connectivity index (χ4v) is 4.97. The summed E-state index contributed by atoms with van der Waals surface area (Å²) in [6, 6.07) is 8.52. The third-order valence-electron chi connectivity index (χ3n) is 5.45. The predicted molar refractivity (Wildman–Crippen MR) is 106 cm³/mol. The van der Waals surface area contributed by atoms with E-state index in [4.69, 9.17) is 0 Å². The van der Waals surface area contributed by atoms with Crippen molar-refractivity contribution in [1.82, 2.24) is 9.80 Å². The van der Waals surface area contributed by atoms with Gasteiger partial charge in [0.15, 0.2) is 0 Å². The first-order chi connectivity index (χ1) is 12.6. The van der Waals surface area contributed by atoms with E-state index in [2.05, 4.69) is 31.2 Å². The van der Waals surface area contributed by atoms with Crippen LogP contribution in [0.5, 0.6) is 0 Å². The molecule has 2 aliphatic heterocycles. The monoisotopic (exact) mass is 374 g/mol. The molecule has 0 aliphatic carbocycles. The predicted octanol–water partition coefficient (Wildman–Crippen LogP) is 3.87. The lowest BCUT2D eigenvalue weighted by Crippen LogP contribution is -2.41. The van der Waals surface area contributed by atoms with Gasteiger partial charge >= 0.3 is 0 Å². The lowest BCUT2D eigenvalue weighted by molar-refractivity contribution is -0.134. The van der Waals surface area contributed by atoms with Crippen molar-refractivity contribution >= 4 is 23.6 Å². The molecule has 2 heterocycles. The Morgan fingerprint density at radius 2 is 1.88 bits per heavy atom. The zero-order valence-electron chi connectivity index (χ0n) is 15.8. The highest BCUT2D eigenvalue weighted by Crippen LogP contribution is 2.32. The van der Waals surface area contributed by atoms with Crippen molar-refractivity contribution in [2.75, 3.05) is 26.2 Å². The summed E-state index contributed by atoms with van der Waals surface area (Å²) < 4.78 is 0. The molecule has 3 rings (SSSR count). The number of hydrogen-bond donors (Lipinski definition) is 0. The van der Waals surface area contributed by atoms with Gasteiger partial charge in [-0.3, -0.25) is 9.59 Å². The van der Waals surface area contributed by atoms with Crippen LogP contribution < -0.4 is 0 Å². The number of thioether (sulfide) groups is 1. The van der Waals surface area contributed by atoms with E-state index in [-0.39, 0.29) is 11.8 Å². The van der Waals surface area contributed by atoms with Crippen molar-refractivity contribution in [3.05, 3.63) is 29.8 Å². The van der Waals surface area contributed by atoms with Gasteiger partial charge in [0.25, 0.3) is 0 Å². The number of nitrogens with zero attached hydrogens (tertiary/aromatic N) is 2. The molecule has 1 aromatic carbocycles. The number of piperidine rings is 1. The number of likely N-dealkylation sites (tertiary alicyclic amines) is 2. The van der Waals surface area contributed by atoms with E-state index >= 15 is 0 Å². The van der Waals surface area contributed by atoms with Gasteiger partial charge < -0.3 is 9.80 Å². The third kappa shape index (κ3) is 5.26. The number of carbonyl (C=O) groups excluding carboxylic acids is 2. The molecule has 26 heavy (non-hydrogen) atoms. The van der Waals surface area contributed by atoms with Crippen LogP contribution in [0.15, 0.2) is 29.2 Å². The van der Waals surface area contributed by atoms with Crippen molar-refractivity contribution in [2.45, 2.75) is 62.0 Å². The van der Waals surface area contributed by atoms with Gasteiger partial charge in [-0.2, -0.15) is 0 Å². The number of carbonyl (C=O) groups is 2. The molecular formula is C21H30N2O2S. The minimum atomic E-state index is 0.210. The fourth-order valence-electron chi connectivity index (χ4n) is 3.75. The van der Waals surface area contributed by atoms with Crippen molar-refractivity contribution in [2.24, 2.45) is 0 Å². The van der Waals surface area contributed by atoms with Crippen molar-refractivity contribution < 1.29 is 9.59 Å². The highest BCUT2D eigenvalue weighted by Gasteiger charge is 2.25. The van der Waals surface area contributed by atoms with Crippen LogP contribution in [-0.2, 0) is 9.59 Å². The minimum Gasteiger partial charge on any atom is -0.343 e. The van der Waals surface area contributed by atoms with Crippen molar-refractivity contribution in [3.63, 3.8) is 0 Å². The third-order valence-corrected chi connectivity index (χ3v) is 6.97. The summed E-state index contributed by atoms with van der Waals surface area (Å²) in [6.45, 7) is 5.26. The minimum absolute atomic E-state index is 0.210. The number of aryl methyl sites for hydroxylation is 1. The molecule has 1 aromatic rings. The topological polar surface area (TPSA) is 40.6 Å². The van der Waals surface area contributed by atoms with Crippen molar-refractivity contribution in [1.29, 1.82) is 0 Å². The Balaban J connectivity index is 1.42. The van der Waals surface area contributed by atoms with Crippen molar-refractivity contribution in [3.8, 4) is 0 Å². The highest BCUT2D eigenvalue weighted by molar-refractivity contribution is 8.00. The van der Waals surface area contributed by atoms with Crippen LogP contribution in [0.3, 0.4) is 0 Å². The maximum absolute atomic E-state index is 12.5. The van der Waals surface area contributed by atoms with E-state index in [0.717, 1.165) is 51.7 Å². The van der Waals surface area contributed by atoms with E-state index in [1.165, 1.54) is 10.5 Å². The molecule has 0 N–H and O–H groups in total. The average molecular weight is 375 g/mol. The Morgan fingerprint density at radius 3 is 2.65 bits per heavy atom. The van der Waals surface area contributed by atoms with Gasteiger partial charge in [0.05, 0.1) is 0 Å². The van der Waals surface area contributed by atoms with Crippen LogP contribution in [0.2, 0.25) is 0 Å². The first kappa shape index (κ1) is 19.3. The summed E-state index contributed by atoms with van der Waals surface area (Å²) in [5.74, 6) is 0.435. The molecule has 2 saturated heterocycles. The second-order valence-electron chi connectivity index (χ2n) is 7.40. The summed E-state index contributed by atoms with van der Waals surface area (Å²) in [6.07, 6.45) is 6.41. The Labute approximate surface area is 161 Å². The van der Waals surface area contributed by atoms with E-state index < -0.39 is 0 Å². The van der Waals surface area contributed by atoms with Crippen LogP contribution in [0.1, 0.15) is 50.5 Å². The molecule has 0 radical (unpaired) electrons. The normalized spacial score (nSPS) is 19.5. The second kappa shape index (κ2) is 9.45. The maximum atomic E-state index is 12.5. The first-order valence-electron chi connectivity index (χ1n) is 9.91. The quantitative estimate of drug-likeness (QED) is 0.785. The average Bonchev–Trinajstić information content (AvgIpc) is 2.86.